The first-order chi connectivity index (χ1) is 31.1. The van der Waals surface area contributed by atoms with Crippen LogP contribution in [0.3, 0.4) is 0 Å². The highest BCUT2D eigenvalue weighted by atomic mass is 32.2. The zero-order chi connectivity index (χ0) is 45.9. The summed E-state index contributed by atoms with van der Waals surface area (Å²) in [6, 6.07) is 46.0. The molecule has 330 valence electrons. The lowest BCUT2D eigenvalue weighted by molar-refractivity contribution is -0.432. The Morgan fingerprint density at radius 3 is 1.38 bits per heavy atom. The van der Waals surface area contributed by atoms with E-state index >= 15 is 0 Å². The second kappa shape index (κ2) is 18.6. The van der Waals surface area contributed by atoms with Crippen LogP contribution in [0.1, 0.15) is 22.3 Å². The molecule has 0 radical (unpaired) electrons. The summed E-state index contributed by atoms with van der Waals surface area (Å²) < 4.78 is 105. The van der Waals surface area contributed by atoms with Crippen LogP contribution in [0.15, 0.2) is 199 Å². The normalized spacial score (nSPS) is 12.0. The Bertz CT molecular complexity index is 3380. The van der Waals surface area contributed by atoms with Crippen LogP contribution in [0.25, 0.3) is 21.9 Å². The van der Waals surface area contributed by atoms with E-state index in [9.17, 15) is 29.8 Å². The van der Waals surface area contributed by atoms with Crippen molar-refractivity contribution >= 4 is 52.6 Å². The average Bonchev–Trinajstić information content (AvgIpc) is 3.29. The lowest BCUT2D eigenvalue weighted by Crippen LogP contribution is -2.04. The Kier molecular flexibility index (Phi) is 13.0. The van der Waals surface area contributed by atoms with E-state index < -0.39 is 29.8 Å². The number of sulfone groups is 2. The summed E-state index contributed by atoms with van der Waals surface area (Å²) in [7, 11) is -12.3. The van der Waals surface area contributed by atoms with Crippen molar-refractivity contribution in [2.24, 2.45) is 0 Å². The molecular formula is C49H38O12S4. The third-order valence-corrected chi connectivity index (χ3v) is 15.5. The summed E-state index contributed by atoms with van der Waals surface area (Å²) in [5, 5.41) is 14.1. The van der Waals surface area contributed by atoms with Gasteiger partial charge in [-0.1, -0.05) is 71.3 Å². The van der Waals surface area contributed by atoms with E-state index in [4.69, 9.17) is 14.7 Å². The first-order valence-electron chi connectivity index (χ1n) is 19.7. The number of hydrogen-bond acceptors (Lipinski definition) is 12. The van der Waals surface area contributed by atoms with Crippen LogP contribution < -0.4 is 9.47 Å². The molecule has 0 bridgehead atoms. The van der Waals surface area contributed by atoms with Crippen molar-refractivity contribution in [1.29, 1.82) is 0 Å². The summed E-state index contributed by atoms with van der Waals surface area (Å²) in [4.78, 5) is 0.601. The number of rotatable bonds is 15. The molecule has 0 saturated heterocycles. The summed E-state index contributed by atoms with van der Waals surface area (Å²) in [6.45, 7) is 3.72. The summed E-state index contributed by atoms with van der Waals surface area (Å²) >= 11 is 0.668. The minimum absolute atomic E-state index is 0.0586. The first-order valence-corrected chi connectivity index (χ1v) is 24.8. The molecule has 0 heterocycles. The molecule has 8 rings (SSSR count). The highest BCUT2D eigenvalue weighted by Crippen LogP contribution is 2.38. The summed E-state index contributed by atoms with van der Waals surface area (Å²) in [6.07, 6.45) is 0.232. The van der Waals surface area contributed by atoms with Gasteiger partial charge >= 0.3 is 0 Å². The predicted octanol–water partition coefficient (Wildman–Crippen LogP) is 11.6. The van der Waals surface area contributed by atoms with E-state index in [2.05, 4.69) is 9.37 Å². The molecule has 0 aliphatic rings. The molecule has 0 amide bonds. The Morgan fingerprint density at radius 2 is 0.892 bits per heavy atom. The third-order valence-electron chi connectivity index (χ3n) is 10.4. The molecule has 0 aliphatic carbocycles. The van der Waals surface area contributed by atoms with Crippen LogP contribution in [0.4, 0.5) is 0 Å². The molecule has 8 aromatic carbocycles. The minimum atomic E-state index is -4.69. The van der Waals surface area contributed by atoms with E-state index in [1.165, 1.54) is 42.5 Å². The van der Waals surface area contributed by atoms with Gasteiger partial charge in [-0.15, -0.1) is 4.33 Å². The lowest BCUT2D eigenvalue weighted by atomic mass is 9.99. The average molecular weight is 947 g/mol. The van der Waals surface area contributed by atoms with Gasteiger partial charge in [-0.25, -0.2) is 22.1 Å². The molecule has 0 atom stereocenters. The van der Waals surface area contributed by atoms with Crippen LogP contribution in [0.2, 0.25) is 0 Å². The van der Waals surface area contributed by atoms with Crippen molar-refractivity contribution in [3.05, 3.63) is 192 Å². The van der Waals surface area contributed by atoms with Crippen molar-refractivity contribution in [3.63, 3.8) is 0 Å². The van der Waals surface area contributed by atoms with Gasteiger partial charge in [0.05, 0.1) is 31.6 Å². The first kappa shape index (κ1) is 45.2. The molecule has 0 spiro atoms. The fourth-order valence-corrected chi connectivity index (χ4v) is 11.0. The van der Waals surface area contributed by atoms with Gasteiger partial charge in [0.2, 0.25) is 19.7 Å². The predicted molar refractivity (Wildman–Crippen MR) is 245 cm³/mol. The zero-order valence-corrected chi connectivity index (χ0v) is 37.7. The quantitative estimate of drug-likeness (QED) is 0.0429. The zero-order valence-electron chi connectivity index (χ0n) is 34.5. The van der Waals surface area contributed by atoms with E-state index in [0.717, 1.165) is 21.9 Å². The third kappa shape index (κ3) is 10.3. The number of benzene rings is 8. The van der Waals surface area contributed by atoms with E-state index in [0.29, 0.717) is 56.6 Å². The Labute approximate surface area is 380 Å². The molecule has 2 N–H and O–H groups in total. The van der Waals surface area contributed by atoms with E-state index in [1.54, 1.807) is 103 Å². The SMILES string of the molecule is Cc1ccc(S(=O)(=O)c2ccc(Oc3ccc4cc(Oc5ccc(S(=O)(=O)c6ccc(Cc7ccc(-c8ccc(C)cc8SOOO)c(S(=O)(=O)O)c7)cc6)cc5)ccc4c3)cc2)cc1. The molecule has 0 saturated carbocycles. The monoisotopic (exact) mass is 946 g/mol. The van der Waals surface area contributed by atoms with Crippen LogP contribution in [-0.4, -0.2) is 35.1 Å². The highest BCUT2D eigenvalue weighted by Gasteiger charge is 2.22. The molecule has 8 aromatic rings. The maximum absolute atomic E-state index is 13.6. The van der Waals surface area contributed by atoms with Crippen molar-refractivity contribution in [2.75, 3.05) is 0 Å². The van der Waals surface area contributed by atoms with Crippen molar-refractivity contribution < 1.29 is 53.9 Å². The van der Waals surface area contributed by atoms with Crippen molar-refractivity contribution in [1.82, 2.24) is 0 Å². The largest absolute Gasteiger partial charge is 0.457 e. The van der Waals surface area contributed by atoms with Crippen molar-refractivity contribution in [2.45, 2.75) is 49.6 Å². The topological polar surface area (TPSA) is 180 Å². The molecule has 0 unspecified atom stereocenters. The standard InChI is InChI=1S/C49H38O12S4/c1-32-3-17-42(18-4-32)63(51,52)44-21-13-38(14-22-44)58-40-11-9-37-31-41(12-10-36(37)30-40)59-39-15-23-45(24-16-39)64(53,54)43-19-6-34(7-20-43)28-35-8-26-47(49(29-35)65(55,56)57)46-25-5-33(2)27-48(46)62-61-60-50/h3-27,29-31,50H,28H2,1-2H3,(H,55,56,57). The lowest BCUT2D eigenvalue weighted by Gasteiger charge is -2.14. The Hall–Kier alpha value is -6.34. The van der Waals surface area contributed by atoms with Gasteiger partial charge in [0, 0.05) is 10.5 Å². The van der Waals surface area contributed by atoms with Gasteiger partial charge in [-0.2, -0.15) is 8.42 Å². The molecule has 0 fully saturated rings. The number of aryl methyl sites for hydroxylation is 2. The van der Waals surface area contributed by atoms with E-state index in [1.807, 2.05) is 38.1 Å². The van der Waals surface area contributed by atoms with Crippen LogP contribution in [0.5, 0.6) is 23.0 Å². The van der Waals surface area contributed by atoms with Gasteiger partial charge in [0.1, 0.15) is 27.9 Å². The number of ether oxygens (including phenoxy) is 2. The van der Waals surface area contributed by atoms with Gasteiger partial charge < -0.3 is 9.47 Å². The smallest absolute Gasteiger partial charge is 0.295 e. The molecule has 12 nitrogen and oxygen atoms in total. The Balaban J connectivity index is 0.910. The summed E-state index contributed by atoms with van der Waals surface area (Å²) in [5.41, 5.74) is 3.66. The van der Waals surface area contributed by atoms with Gasteiger partial charge in [-0.3, -0.25) is 4.55 Å². The molecule has 0 aliphatic heterocycles. The molecule has 0 aromatic heterocycles. The molecule has 16 heteroatoms. The maximum atomic E-state index is 13.6. The van der Waals surface area contributed by atoms with E-state index in [-0.39, 0.29) is 36.5 Å². The van der Waals surface area contributed by atoms with Crippen molar-refractivity contribution in [3.8, 4) is 34.1 Å². The molecular weight excluding hydrogens is 909 g/mol. The van der Waals surface area contributed by atoms with Gasteiger partial charge in [0.25, 0.3) is 10.1 Å². The van der Waals surface area contributed by atoms with Crippen LogP contribution in [-0.2, 0) is 45.6 Å². The fourth-order valence-electron chi connectivity index (χ4n) is 7.07. The highest BCUT2D eigenvalue weighted by molar-refractivity contribution is 7.94. The van der Waals surface area contributed by atoms with Gasteiger partial charge in [0.15, 0.2) is 0 Å². The number of hydrogen-bond donors (Lipinski definition) is 2. The summed E-state index contributed by atoms with van der Waals surface area (Å²) in [5.74, 6) is 1.99. The van der Waals surface area contributed by atoms with Crippen LogP contribution in [0, 0.1) is 13.8 Å². The fraction of sp³-hybridized carbons (Fsp3) is 0.0612. The van der Waals surface area contributed by atoms with Gasteiger partial charge in [-0.05, 0) is 162 Å². The number of fused-ring (bicyclic) bond motifs is 1. The van der Waals surface area contributed by atoms with Crippen LogP contribution >= 0.6 is 12.0 Å². The minimum Gasteiger partial charge on any atom is -0.457 e. The second-order valence-corrected chi connectivity index (χ2v) is 21.0. The Morgan fingerprint density at radius 1 is 0.462 bits per heavy atom. The molecule has 65 heavy (non-hydrogen) atoms. The maximum Gasteiger partial charge on any atom is 0.295 e. The second-order valence-electron chi connectivity index (χ2n) is 15.0.